The van der Waals surface area contributed by atoms with Crippen LogP contribution in [-0.4, -0.2) is 34.1 Å². The minimum atomic E-state index is -2.46. The van der Waals surface area contributed by atoms with Crippen LogP contribution >= 0.6 is 6.89 Å². The second kappa shape index (κ2) is 16.2. The summed E-state index contributed by atoms with van der Waals surface area (Å²) < 4.78 is 5.88. The standard InChI is InChI=1S/C39H35N4O2P/c40-28-37-38(29-41)43-39(36(42-37)25-22-31-20-23-32(24-21-31)45-27-13-2-1-12-26-44)30-46(33-14-6-3-7-15-33,34-16-8-4-9-17-34)35-18-10-5-11-19-35/h3-11,14-25,30,44H,1-2,12-13,26-27H2/b25-22+. The molecule has 0 radical (unpaired) electrons. The van der Waals surface area contributed by atoms with Gasteiger partial charge in [0, 0.05) is 6.61 Å². The molecule has 228 valence electrons. The molecule has 6 nitrogen and oxygen atoms in total. The highest BCUT2D eigenvalue weighted by Gasteiger charge is 2.26. The van der Waals surface area contributed by atoms with Crippen molar-refractivity contribution < 1.29 is 9.84 Å². The minimum absolute atomic E-state index is 0.00366. The van der Waals surface area contributed by atoms with Gasteiger partial charge in [-0.2, -0.15) is 10.5 Å². The van der Waals surface area contributed by atoms with Crippen molar-refractivity contribution in [1.29, 1.82) is 10.5 Å². The van der Waals surface area contributed by atoms with Crippen LogP contribution in [0, 0.1) is 22.7 Å². The molecule has 7 heteroatoms. The molecule has 0 spiro atoms. The third-order valence-electron chi connectivity index (χ3n) is 7.60. The first-order chi connectivity index (χ1) is 22.7. The van der Waals surface area contributed by atoms with Gasteiger partial charge in [-0.3, -0.25) is 0 Å². The van der Waals surface area contributed by atoms with E-state index in [0.717, 1.165) is 52.9 Å². The van der Waals surface area contributed by atoms with E-state index in [9.17, 15) is 10.5 Å². The summed E-state index contributed by atoms with van der Waals surface area (Å²) in [5.74, 6) is 2.96. The lowest BCUT2D eigenvalue weighted by molar-refractivity contribution is 0.273. The number of hydrogen-bond acceptors (Lipinski definition) is 6. The number of aromatic nitrogens is 2. The van der Waals surface area contributed by atoms with Gasteiger partial charge in [0.2, 0.25) is 0 Å². The van der Waals surface area contributed by atoms with Gasteiger partial charge in [-0.05, 0) is 71.6 Å². The minimum Gasteiger partial charge on any atom is -0.494 e. The number of nitrogens with zero attached hydrogens (tertiary/aromatic N) is 4. The van der Waals surface area contributed by atoms with Crippen LogP contribution in [0.25, 0.3) is 12.2 Å². The molecule has 0 bridgehead atoms. The number of unbranched alkanes of at least 4 members (excludes halogenated alkanes) is 3. The monoisotopic (exact) mass is 622 g/mol. The average Bonchev–Trinajstić information content (AvgIpc) is 3.12. The van der Waals surface area contributed by atoms with Gasteiger partial charge in [-0.25, -0.2) is 9.97 Å². The SMILES string of the molecule is N#Cc1nc(C=P(c2ccccc2)(c2ccccc2)c2ccccc2)c(/C=C/c2ccc(OCCCCCCO)cc2)nc1C#N. The lowest BCUT2D eigenvalue weighted by Crippen LogP contribution is -2.27. The second-order valence-electron chi connectivity index (χ2n) is 10.7. The zero-order chi connectivity index (χ0) is 32.0. The van der Waals surface area contributed by atoms with Crippen molar-refractivity contribution in [1.82, 2.24) is 9.97 Å². The van der Waals surface area contributed by atoms with Crippen LogP contribution in [0.4, 0.5) is 0 Å². The zero-order valence-corrected chi connectivity index (χ0v) is 26.4. The van der Waals surface area contributed by atoms with Crippen molar-refractivity contribution in [3.8, 4) is 17.9 Å². The van der Waals surface area contributed by atoms with Crippen molar-refractivity contribution in [2.45, 2.75) is 25.7 Å². The Kier molecular flexibility index (Phi) is 11.3. The van der Waals surface area contributed by atoms with E-state index in [-0.39, 0.29) is 18.0 Å². The van der Waals surface area contributed by atoms with Gasteiger partial charge in [-0.1, -0.05) is 116 Å². The summed E-state index contributed by atoms with van der Waals surface area (Å²) in [6.07, 6.45) is 7.58. The molecule has 0 saturated heterocycles. The number of aliphatic hydroxyl groups excluding tert-OH is 1. The predicted molar refractivity (Wildman–Crippen MR) is 188 cm³/mol. The van der Waals surface area contributed by atoms with Crippen molar-refractivity contribution in [3.05, 3.63) is 144 Å². The molecule has 1 heterocycles. The van der Waals surface area contributed by atoms with Crippen LogP contribution in [0.15, 0.2) is 115 Å². The van der Waals surface area contributed by atoms with Gasteiger partial charge in [0.05, 0.1) is 18.0 Å². The Morgan fingerprint density at radius 2 is 1.11 bits per heavy atom. The Morgan fingerprint density at radius 1 is 0.609 bits per heavy atom. The van der Waals surface area contributed by atoms with Gasteiger partial charge in [0.1, 0.15) is 17.9 Å². The summed E-state index contributed by atoms with van der Waals surface area (Å²) in [4.78, 5) is 9.40. The highest BCUT2D eigenvalue weighted by atomic mass is 31.2. The highest BCUT2D eigenvalue weighted by Crippen LogP contribution is 2.44. The molecule has 0 aliphatic rings. The molecule has 0 aliphatic heterocycles. The Labute approximate surface area is 270 Å². The highest BCUT2D eigenvalue weighted by molar-refractivity contribution is 7.94. The van der Waals surface area contributed by atoms with E-state index >= 15 is 0 Å². The number of rotatable bonds is 13. The van der Waals surface area contributed by atoms with E-state index in [2.05, 4.69) is 53.2 Å². The Bertz CT molecular complexity index is 1790. The Balaban J connectivity index is 1.60. The Morgan fingerprint density at radius 3 is 1.61 bits per heavy atom. The molecular weight excluding hydrogens is 587 g/mol. The third-order valence-corrected chi connectivity index (χ3v) is 11.6. The molecule has 0 fully saturated rings. The quantitative estimate of drug-likeness (QED) is 0.119. The fraction of sp³-hybridized carbons (Fsp3) is 0.154. The van der Waals surface area contributed by atoms with Crippen molar-refractivity contribution in [2.24, 2.45) is 0 Å². The molecule has 0 aliphatic carbocycles. The molecule has 4 aromatic carbocycles. The molecule has 0 amide bonds. The largest absolute Gasteiger partial charge is 0.494 e. The number of hydrogen-bond donors (Lipinski definition) is 1. The molecular formula is C39H35N4O2P. The summed E-state index contributed by atoms with van der Waals surface area (Å²) in [5.41, 5.74) is 1.96. The Hall–Kier alpha value is -5.26. The maximum Gasteiger partial charge on any atom is 0.177 e. The lowest BCUT2D eigenvalue weighted by Gasteiger charge is -2.28. The normalized spacial score (nSPS) is 11.1. The second-order valence-corrected chi connectivity index (χ2v) is 13.9. The number of ether oxygens (including phenoxy) is 1. The molecule has 1 N–H and O–H groups in total. The number of benzene rings is 4. The van der Waals surface area contributed by atoms with Crippen LogP contribution in [0.1, 0.15) is 54.0 Å². The van der Waals surface area contributed by atoms with Gasteiger partial charge < -0.3 is 9.84 Å². The van der Waals surface area contributed by atoms with E-state index in [1.807, 2.05) is 97.1 Å². The van der Waals surface area contributed by atoms with Crippen LogP contribution in [-0.2, 0) is 0 Å². The van der Waals surface area contributed by atoms with Crippen LogP contribution < -0.4 is 20.7 Å². The molecule has 5 aromatic rings. The van der Waals surface area contributed by atoms with Crippen molar-refractivity contribution >= 4 is 40.7 Å². The summed E-state index contributed by atoms with van der Waals surface area (Å²) >= 11 is 0. The van der Waals surface area contributed by atoms with Crippen LogP contribution in [0.2, 0.25) is 0 Å². The fourth-order valence-corrected chi connectivity index (χ4v) is 9.11. The number of aliphatic hydroxyl groups is 1. The maximum atomic E-state index is 9.92. The predicted octanol–water partition coefficient (Wildman–Crippen LogP) is 6.47. The van der Waals surface area contributed by atoms with E-state index in [1.54, 1.807) is 0 Å². The molecule has 0 atom stereocenters. The zero-order valence-electron chi connectivity index (χ0n) is 25.5. The first-order valence-electron chi connectivity index (χ1n) is 15.3. The van der Waals surface area contributed by atoms with Gasteiger partial charge in [-0.15, -0.1) is 0 Å². The smallest absolute Gasteiger partial charge is 0.177 e. The first-order valence-corrected chi connectivity index (χ1v) is 17.2. The molecule has 0 unspecified atom stereocenters. The maximum absolute atomic E-state index is 9.92. The van der Waals surface area contributed by atoms with E-state index in [1.165, 1.54) is 0 Å². The molecule has 0 saturated carbocycles. The van der Waals surface area contributed by atoms with Gasteiger partial charge >= 0.3 is 0 Å². The van der Waals surface area contributed by atoms with Crippen LogP contribution in [0.5, 0.6) is 5.75 Å². The number of nitriles is 2. The summed E-state index contributed by atoms with van der Waals surface area (Å²) in [6.45, 7) is -1.60. The summed E-state index contributed by atoms with van der Waals surface area (Å²) in [7, 11) is 0. The summed E-state index contributed by atoms with van der Waals surface area (Å²) in [6, 6.07) is 43.0. The topological polar surface area (TPSA) is 103 Å². The summed E-state index contributed by atoms with van der Waals surface area (Å²) in [5, 5.41) is 32.1. The van der Waals surface area contributed by atoms with Gasteiger partial charge in [0.25, 0.3) is 0 Å². The average molecular weight is 623 g/mol. The van der Waals surface area contributed by atoms with Crippen molar-refractivity contribution in [3.63, 3.8) is 0 Å². The molecule has 46 heavy (non-hydrogen) atoms. The molecule has 1 aromatic heterocycles. The van der Waals surface area contributed by atoms with E-state index in [0.29, 0.717) is 18.0 Å². The van der Waals surface area contributed by atoms with Gasteiger partial charge in [0.15, 0.2) is 11.4 Å². The van der Waals surface area contributed by atoms with E-state index < -0.39 is 6.89 Å². The third kappa shape index (κ3) is 7.68. The van der Waals surface area contributed by atoms with E-state index in [4.69, 9.17) is 14.8 Å². The first kappa shape index (κ1) is 32.1. The molecule has 5 rings (SSSR count). The van der Waals surface area contributed by atoms with Crippen LogP contribution in [0.3, 0.4) is 0 Å². The van der Waals surface area contributed by atoms with Crippen molar-refractivity contribution in [2.75, 3.05) is 13.2 Å². The fourth-order valence-electron chi connectivity index (χ4n) is 5.29. The lowest BCUT2D eigenvalue weighted by atomic mass is 10.1.